The Morgan fingerprint density at radius 2 is 1.02 bits per heavy atom. The van der Waals surface area contributed by atoms with Gasteiger partial charge in [0, 0.05) is 57.9 Å². The van der Waals surface area contributed by atoms with Crippen LogP contribution >= 0.6 is 0 Å². The van der Waals surface area contributed by atoms with Crippen LogP contribution in [0.15, 0.2) is 84.9 Å². The third kappa shape index (κ3) is 34.3. The molecule has 0 spiro atoms. The van der Waals surface area contributed by atoms with Gasteiger partial charge in [-0.25, -0.2) is 19.8 Å². The number of nitrogens with one attached hydrogen (secondary N) is 6. The Morgan fingerprint density at radius 3 is 1.41 bits per heavy atom. The van der Waals surface area contributed by atoms with Gasteiger partial charge < -0.3 is 93.5 Å². The van der Waals surface area contributed by atoms with Crippen LogP contribution in [0.5, 0.6) is 63.2 Å². The summed E-state index contributed by atoms with van der Waals surface area (Å²) in [5.41, 5.74) is 14.3. The van der Waals surface area contributed by atoms with Crippen LogP contribution < -0.4 is 90.0 Å². The Balaban J connectivity index is 0.000000758. The molecule has 570 valence electrons. The Bertz CT molecular complexity index is 3220. The maximum Gasteiger partial charge on any atom is 0.519 e. The number of non-ortho nitro benzene ring substituents is 1. The second kappa shape index (κ2) is 50.1. The van der Waals surface area contributed by atoms with Gasteiger partial charge in [0.25, 0.3) is 5.69 Å². The average molecular weight is 1430 g/mol. The number of carbonyl (C=O) groups excluding carboxylic acids is 5. The highest BCUT2D eigenvalue weighted by Gasteiger charge is 2.26. The third-order valence-corrected chi connectivity index (χ3v) is 14.4. The van der Waals surface area contributed by atoms with E-state index < -0.39 is 34.9 Å². The van der Waals surface area contributed by atoms with Gasteiger partial charge in [0.05, 0.1) is 67.8 Å². The molecule has 0 aliphatic heterocycles. The summed E-state index contributed by atoms with van der Waals surface area (Å²) in [6.07, 6.45) is 2.81. The molecule has 0 saturated carbocycles. The second-order valence-corrected chi connectivity index (χ2v) is 24.2. The van der Waals surface area contributed by atoms with Crippen LogP contribution in [0.3, 0.4) is 0 Å². The molecule has 5 aromatic carbocycles. The van der Waals surface area contributed by atoms with E-state index in [0.717, 1.165) is 61.1 Å². The quantitative estimate of drug-likeness (QED) is 0.00482. The van der Waals surface area contributed by atoms with Crippen molar-refractivity contribution in [2.45, 2.75) is 133 Å². The van der Waals surface area contributed by atoms with Crippen LogP contribution in [0.1, 0.15) is 112 Å². The number of amides is 3. The van der Waals surface area contributed by atoms with Crippen molar-refractivity contribution in [3.05, 3.63) is 117 Å². The van der Waals surface area contributed by atoms with Crippen LogP contribution in [0, 0.1) is 22.0 Å². The number of likely N-dealkylation sites (N-methyl/N-ethyl adjacent to an activating group) is 3. The van der Waals surface area contributed by atoms with E-state index in [-0.39, 0.29) is 36.6 Å². The number of aryl methyl sites for hydroxylation is 4. The molecule has 5 rings (SSSR count). The van der Waals surface area contributed by atoms with E-state index in [9.17, 15) is 34.1 Å². The zero-order valence-electron chi connectivity index (χ0n) is 62.3. The lowest BCUT2D eigenvalue weighted by Crippen LogP contribution is -2.49. The number of methoxy groups -OCH3 is 8. The first-order valence-electron chi connectivity index (χ1n) is 33.6. The van der Waals surface area contributed by atoms with Gasteiger partial charge in [-0.2, -0.15) is 0 Å². The van der Waals surface area contributed by atoms with Crippen LogP contribution in [-0.2, 0) is 40.0 Å². The van der Waals surface area contributed by atoms with Gasteiger partial charge in [-0.1, -0.05) is 61.1 Å². The number of nitrogens with two attached hydrogens (primary N) is 1. The number of alkyl carbamates (subject to hydrolysis) is 1. The molecule has 8 N–H and O–H groups in total. The summed E-state index contributed by atoms with van der Waals surface area (Å²) in [5.74, 6) is 5.38. The largest absolute Gasteiger partial charge is 0.519 e. The number of nitro benzene ring substituents is 1. The van der Waals surface area contributed by atoms with E-state index >= 15 is 0 Å². The van der Waals surface area contributed by atoms with Gasteiger partial charge >= 0.3 is 18.3 Å². The van der Waals surface area contributed by atoms with Crippen molar-refractivity contribution in [2.75, 3.05) is 116 Å². The SMILES string of the molecule is C.CCN(CCNN[C@@H](C=O)CC(C)C)C(=O)Oc1cc(CCc2cc(OC)c(OC)c(OC)c2)ccc1OC.CCNCCN.CCNCCNC(=O)[C@@H](CC(C)C)NC(=O)OC(C)(C)C.COc1ccc(CCc2cc(OC)c(OC)c(OC)c2)cc1OC(=O)Oc1ccc([N+](=O)[O-])cc1. The number of hydrogen-bond donors (Lipinski definition) is 7. The molecule has 28 heteroatoms. The Labute approximate surface area is 603 Å². The molecule has 2 atom stereocenters. The summed E-state index contributed by atoms with van der Waals surface area (Å²) in [5, 5.41) is 22.4. The lowest BCUT2D eigenvalue weighted by molar-refractivity contribution is -0.384. The molecule has 0 saturated heterocycles. The van der Waals surface area contributed by atoms with Crippen molar-refractivity contribution in [1.82, 2.24) is 37.0 Å². The first-order valence-corrected chi connectivity index (χ1v) is 33.6. The number of aldehydes is 1. The zero-order chi connectivity index (χ0) is 75.5. The van der Waals surface area contributed by atoms with Gasteiger partial charge in [0.2, 0.25) is 17.4 Å². The van der Waals surface area contributed by atoms with Crippen molar-refractivity contribution in [1.29, 1.82) is 0 Å². The molecular weight excluding hydrogens is 1320 g/mol. The maximum atomic E-state index is 12.9. The molecule has 102 heavy (non-hydrogen) atoms. The van der Waals surface area contributed by atoms with Crippen LogP contribution in [0.4, 0.5) is 20.1 Å². The van der Waals surface area contributed by atoms with Gasteiger partial charge in [0.1, 0.15) is 23.7 Å². The lowest BCUT2D eigenvalue weighted by atomic mass is 10.0. The highest BCUT2D eigenvalue weighted by atomic mass is 16.7. The highest BCUT2D eigenvalue weighted by molar-refractivity contribution is 5.85. The molecule has 5 aromatic rings. The Hall–Kier alpha value is -9.35. The Kier molecular flexibility index (Phi) is 44.5. The van der Waals surface area contributed by atoms with Crippen molar-refractivity contribution in [3.8, 4) is 63.2 Å². The fourth-order valence-electron chi connectivity index (χ4n) is 9.49. The number of nitro groups is 1. The number of hydrazine groups is 1. The van der Waals surface area contributed by atoms with E-state index in [0.29, 0.717) is 128 Å². The topological polar surface area (TPSA) is 341 Å². The predicted octanol–water partition coefficient (Wildman–Crippen LogP) is 10.9. The molecular formula is C74H115N9O19. The molecule has 0 bridgehead atoms. The molecule has 0 aromatic heterocycles. The highest BCUT2D eigenvalue weighted by Crippen LogP contribution is 2.40. The number of benzene rings is 5. The van der Waals surface area contributed by atoms with Crippen LogP contribution in [0.25, 0.3) is 0 Å². The zero-order valence-corrected chi connectivity index (χ0v) is 62.3. The summed E-state index contributed by atoms with van der Waals surface area (Å²) in [4.78, 5) is 72.2. The summed E-state index contributed by atoms with van der Waals surface area (Å²) in [6, 6.07) is 22.7. The molecule has 0 aliphatic carbocycles. The van der Waals surface area contributed by atoms with E-state index in [1.54, 1.807) is 86.5 Å². The normalized spacial score (nSPS) is 11.1. The second-order valence-electron chi connectivity index (χ2n) is 24.2. The van der Waals surface area contributed by atoms with Gasteiger partial charge in [-0.15, -0.1) is 0 Å². The standard InChI is InChI=1S/C29H43N3O7.C25H25NO9.C15H31N3O3.C4H12N2.CH4/c1-8-32(14-13-30-31-23(19-33)15-20(2)3)29(34)39-25-16-21(11-12-24(25)35-4)9-10-22-17-26(36-5)28(38-7)27(18-22)37-6;1-30-20-12-7-16(5-6-17-14-22(31-2)24(33-4)23(15-17)32-3)13-21(20)35-25(27)34-19-10-8-18(9-11-19)26(28)29;1-7-16-8-9-17-13(19)12(10-11(2)3)18-14(20)21-15(4,5)6;1-2-6-4-3-5;/h11-12,16-20,23,30-31H,8-10,13-15H2,1-7H3;7-15H,5-6H2,1-4H3;11-12,16H,7-10H2,1-6H3,(H,17,19)(H,18,20);6H,2-5H2,1H3;1H4/t23-;;12-;;/m1.1../s1. The average Bonchev–Trinajstić information content (AvgIpc) is 0.828. The Morgan fingerprint density at radius 1 is 0.569 bits per heavy atom. The summed E-state index contributed by atoms with van der Waals surface area (Å²) in [6.45, 7) is 25.6. The molecule has 0 aliphatic rings. The monoisotopic (exact) mass is 1430 g/mol. The molecule has 0 fully saturated rings. The molecule has 0 radical (unpaired) electrons. The number of carbonyl (C=O) groups is 5. The maximum absolute atomic E-state index is 12.9. The third-order valence-electron chi connectivity index (χ3n) is 14.4. The number of hydrogen-bond acceptors (Lipinski definition) is 24. The van der Waals surface area contributed by atoms with Gasteiger partial charge in [-0.3, -0.25) is 20.3 Å². The minimum Gasteiger partial charge on any atom is -0.493 e. The van der Waals surface area contributed by atoms with Crippen LogP contribution in [-0.4, -0.2) is 174 Å². The van der Waals surface area contributed by atoms with Crippen molar-refractivity contribution < 1.29 is 85.7 Å². The van der Waals surface area contributed by atoms with Crippen LogP contribution in [0.2, 0.25) is 0 Å². The van der Waals surface area contributed by atoms with Gasteiger partial charge in [-0.05, 0) is 174 Å². The molecule has 0 heterocycles. The fraction of sp³-hybridized carbons (Fsp3) is 0.527. The van der Waals surface area contributed by atoms with E-state index in [1.165, 1.54) is 38.5 Å². The first-order chi connectivity index (χ1) is 48.2. The van der Waals surface area contributed by atoms with E-state index in [4.69, 9.17) is 62.6 Å². The number of rotatable bonds is 38. The van der Waals surface area contributed by atoms with E-state index in [2.05, 4.69) is 52.9 Å². The molecule has 28 nitrogen and oxygen atoms in total. The summed E-state index contributed by atoms with van der Waals surface area (Å²) >= 11 is 0. The minimum atomic E-state index is -1.00. The van der Waals surface area contributed by atoms with Gasteiger partial charge in [0.15, 0.2) is 46.0 Å². The van der Waals surface area contributed by atoms with Crippen molar-refractivity contribution in [3.63, 3.8) is 0 Å². The number of ether oxygens (including phenoxy) is 12. The number of nitrogens with zero attached hydrogens (tertiary/aromatic N) is 2. The smallest absolute Gasteiger partial charge is 0.493 e. The summed E-state index contributed by atoms with van der Waals surface area (Å²) in [7, 11) is 12.4. The van der Waals surface area contributed by atoms with E-state index in [1.807, 2.05) is 70.2 Å². The van der Waals surface area contributed by atoms with Crippen molar-refractivity contribution in [2.24, 2.45) is 17.6 Å². The minimum absolute atomic E-state index is 0. The molecule has 0 unspecified atom stereocenters. The summed E-state index contributed by atoms with van der Waals surface area (Å²) < 4.78 is 64.6. The predicted molar refractivity (Wildman–Crippen MR) is 395 cm³/mol. The first kappa shape index (κ1) is 90.7. The fourth-order valence-corrected chi connectivity index (χ4v) is 9.49. The lowest BCUT2D eigenvalue weighted by Gasteiger charge is -2.24. The van der Waals surface area contributed by atoms with Crippen molar-refractivity contribution >= 4 is 36.2 Å². The molecule has 3 amide bonds.